The van der Waals surface area contributed by atoms with Crippen LogP contribution in [0.1, 0.15) is 125 Å². The molecule has 8 heteroatoms. The number of aliphatic hydroxyl groups is 3. The van der Waals surface area contributed by atoms with E-state index < -0.39 is 36.3 Å². The molecule has 1 rings (SSSR count). The number of carbonyl (C=O) groups excluding carboxylic acids is 3. The molecule has 1 amide bonds. The third-order valence-electron chi connectivity index (χ3n) is 8.29. The van der Waals surface area contributed by atoms with Gasteiger partial charge in [-0.1, -0.05) is 70.8 Å². The predicted molar refractivity (Wildman–Crippen MR) is 167 cm³/mol. The number of nitrogens with one attached hydrogen (secondary N) is 1. The first-order valence-electron chi connectivity index (χ1n) is 16.3. The highest BCUT2D eigenvalue weighted by molar-refractivity contribution is 5.84. The number of hydrogen-bond donors (Lipinski definition) is 4. The molecule has 242 valence electrons. The molecule has 1 heterocycles. The molecule has 0 saturated carbocycles. The maximum Gasteiger partial charge on any atom is 0.309 e. The van der Waals surface area contributed by atoms with Crippen LogP contribution in [0.4, 0.5) is 0 Å². The molecule has 0 bridgehead atoms. The highest BCUT2D eigenvalue weighted by Crippen LogP contribution is 2.22. The lowest BCUT2D eigenvalue weighted by Gasteiger charge is -2.23. The second-order valence-corrected chi connectivity index (χ2v) is 12.5. The molecule has 0 aliphatic carbocycles. The second-order valence-electron chi connectivity index (χ2n) is 12.5. The minimum absolute atomic E-state index is 0.0854. The van der Waals surface area contributed by atoms with Gasteiger partial charge in [-0.25, -0.2) is 0 Å². The van der Waals surface area contributed by atoms with Crippen LogP contribution >= 0.6 is 0 Å². The summed E-state index contributed by atoms with van der Waals surface area (Å²) in [4.78, 5) is 38.0. The van der Waals surface area contributed by atoms with Crippen LogP contribution in [0.3, 0.4) is 0 Å². The van der Waals surface area contributed by atoms with Crippen LogP contribution in [0, 0.1) is 17.8 Å². The van der Waals surface area contributed by atoms with Crippen molar-refractivity contribution in [2.75, 3.05) is 6.54 Å². The van der Waals surface area contributed by atoms with E-state index >= 15 is 0 Å². The van der Waals surface area contributed by atoms with Crippen LogP contribution in [-0.2, 0) is 19.1 Å². The minimum atomic E-state index is -1.13. The molecule has 0 spiro atoms. The lowest BCUT2D eigenvalue weighted by Crippen LogP contribution is -2.43. The fourth-order valence-electron chi connectivity index (χ4n) is 5.40. The SMILES string of the molecule is CCC[C@@H]1OC(=O)[C@@H](C)C[C@H](C)CCCCC(=O)CCCC(CC)/C=C/C=C(\C)CC[C@@H](O)[C@@H](O)C[C@H](O)CNC1=O. The van der Waals surface area contributed by atoms with Crippen molar-refractivity contribution in [3.05, 3.63) is 23.8 Å². The molecule has 4 N–H and O–H groups in total. The summed E-state index contributed by atoms with van der Waals surface area (Å²) >= 11 is 0. The molecule has 7 atom stereocenters. The topological polar surface area (TPSA) is 133 Å². The summed E-state index contributed by atoms with van der Waals surface area (Å²) in [7, 11) is 0. The van der Waals surface area contributed by atoms with Gasteiger partial charge in [0.05, 0.1) is 24.2 Å². The molecule has 8 nitrogen and oxygen atoms in total. The van der Waals surface area contributed by atoms with E-state index in [9.17, 15) is 29.7 Å². The number of rotatable bonds is 3. The van der Waals surface area contributed by atoms with Crippen molar-refractivity contribution < 1.29 is 34.4 Å². The molecule has 0 fully saturated rings. The van der Waals surface area contributed by atoms with Gasteiger partial charge in [0.2, 0.25) is 0 Å². The number of carbonyl (C=O) groups is 3. The Labute approximate surface area is 254 Å². The fourth-order valence-corrected chi connectivity index (χ4v) is 5.40. The molecule has 42 heavy (non-hydrogen) atoms. The first-order chi connectivity index (χ1) is 20.0. The van der Waals surface area contributed by atoms with E-state index in [0.717, 1.165) is 44.1 Å². The average Bonchev–Trinajstić information content (AvgIpc) is 2.95. The van der Waals surface area contributed by atoms with Gasteiger partial charge < -0.3 is 25.4 Å². The van der Waals surface area contributed by atoms with Gasteiger partial charge in [0.15, 0.2) is 6.10 Å². The van der Waals surface area contributed by atoms with Crippen LogP contribution < -0.4 is 5.32 Å². The Morgan fingerprint density at radius 2 is 1.62 bits per heavy atom. The molecular weight excluding hydrogens is 534 g/mol. The monoisotopic (exact) mass is 593 g/mol. The Hall–Kier alpha value is -2.03. The standard InChI is InChI=1S/C34H59NO7/c1-6-12-32-33(40)35-23-29(37)22-31(39)30(38)20-19-24(3)14-10-15-27(7-2)16-11-18-28(36)17-9-8-13-25(4)21-26(5)34(41)42-32/h10,14-15,25-27,29-32,37-39H,6-9,11-13,16-23H2,1-5H3,(H,35,40)/b15-10+,24-14+/t25-,26+,27?,29+,30-,31+,32+/m1/s1. The van der Waals surface area contributed by atoms with Gasteiger partial charge >= 0.3 is 5.97 Å². The Morgan fingerprint density at radius 3 is 2.31 bits per heavy atom. The quantitative estimate of drug-likeness (QED) is 0.314. The smallest absolute Gasteiger partial charge is 0.309 e. The molecule has 1 aliphatic heterocycles. The first kappa shape index (κ1) is 38.0. The Morgan fingerprint density at radius 1 is 0.905 bits per heavy atom. The fraction of sp³-hybridized carbons (Fsp3) is 0.794. The van der Waals surface area contributed by atoms with Gasteiger partial charge in [-0.2, -0.15) is 0 Å². The molecular formula is C34H59NO7. The number of ether oxygens (including phenoxy) is 1. The average molecular weight is 594 g/mol. The molecule has 0 saturated heterocycles. The van der Waals surface area contributed by atoms with E-state index in [1.165, 1.54) is 0 Å². The number of β-amino-alcohol motifs (C(OH)–C–C–N with tert-alkyl or cyclic N) is 1. The molecule has 0 aromatic carbocycles. The number of hydrogen-bond acceptors (Lipinski definition) is 7. The number of cyclic esters (lactones) is 1. The maximum atomic E-state index is 12.8. The highest BCUT2D eigenvalue weighted by atomic mass is 16.5. The van der Waals surface area contributed by atoms with Crippen LogP contribution in [0.2, 0.25) is 0 Å². The summed E-state index contributed by atoms with van der Waals surface area (Å²) in [5.41, 5.74) is 1.07. The van der Waals surface area contributed by atoms with E-state index in [2.05, 4.69) is 25.2 Å². The van der Waals surface area contributed by atoms with E-state index in [1.807, 2.05) is 32.9 Å². The number of Topliss-reactive ketones (excluding diaryl/α,β-unsaturated/α-hetero) is 1. The van der Waals surface area contributed by atoms with Crippen LogP contribution in [-0.4, -0.2) is 63.9 Å². The maximum absolute atomic E-state index is 12.8. The second kappa shape index (κ2) is 21.6. The van der Waals surface area contributed by atoms with Crippen molar-refractivity contribution in [3.8, 4) is 0 Å². The van der Waals surface area contributed by atoms with Crippen molar-refractivity contribution in [2.24, 2.45) is 17.8 Å². The van der Waals surface area contributed by atoms with E-state index in [1.54, 1.807) is 0 Å². The molecule has 1 aliphatic rings. The molecule has 1 unspecified atom stereocenters. The third kappa shape index (κ3) is 16.6. The number of ketones is 1. The summed E-state index contributed by atoms with van der Waals surface area (Å²) in [6, 6.07) is 0. The zero-order valence-electron chi connectivity index (χ0n) is 26.9. The number of amides is 1. The van der Waals surface area contributed by atoms with Crippen LogP contribution in [0.5, 0.6) is 0 Å². The Bertz CT molecular complexity index is 855. The number of aliphatic hydroxyl groups excluding tert-OH is 3. The van der Waals surface area contributed by atoms with Gasteiger partial charge in [0, 0.05) is 25.8 Å². The third-order valence-corrected chi connectivity index (χ3v) is 8.29. The van der Waals surface area contributed by atoms with Crippen molar-refractivity contribution in [3.63, 3.8) is 0 Å². The van der Waals surface area contributed by atoms with E-state index in [4.69, 9.17) is 4.74 Å². The van der Waals surface area contributed by atoms with E-state index in [-0.39, 0.29) is 18.9 Å². The summed E-state index contributed by atoms with van der Waals surface area (Å²) in [6.45, 7) is 9.83. The van der Waals surface area contributed by atoms with Gasteiger partial charge in [-0.3, -0.25) is 14.4 Å². The normalized spacial score (nSPS) is 33.8. The lowest BCUT2D eigenvalue weighted by atomic mass is 9.92. The van der Waals surface area contributed by atoms with Crippen molar-refractivity contribution in [1.29, 1.82) is 0 Å². The van der Waals surface area contributed by atoms with Gasteiger partial charge in [-0.05, 0) is 70.1 Å². The van der Waals surface area contributed by atoms with Gasteiger partial charge in [-0.15, -0.1) is 0 Å². The lowest BCUT2D eigenvalue weighted by molar-refractivity contribution is -0.160. The molecule has 0 aromatic rings. The first-order valence-corrected chi connectivity index (χ1v) is 16.3. The summed E-state index contributed by atoms with van der Waals surface area (Å²) in [6.07, 6.45) is 11.4. The van der Waals surface area contributed by atoms with E-state index in [0.29, 0.717) is 62.6 Å². The summed E-state index contributed by atoms with van der Waals surface area (Å²) < 4.78 is 5.58. The van der Waals surface area contributed by atoms with Crippen LogP contribution in [0.15, 0.2) is 23.8 Å². The predicted octanol–water partition coefficient (Wildman–Crippen LogP) is 5.57. The molecule has 0 aromatic heterocycles. The van der Waals surface area contributed by atoms with Crippen molar-refractivity contribution in [1.82, 2.24) is 5.32 Å². The van der Waals surface area contributed by atoms with Crippen molar-refractivity contribution in [2.45, 2.75) is 149 Å². The summed E-state index contributed by atoms with van der Waals surface area (Å²) in [5, 5.41) is 33.8. The highest BCUT2D eigenvalue weighted by Gasteiger charge is 2.27. The van der Waals surface area contributed by atoms with Crippen molar-refractivity contribution >= 4 is 17.7 Å². The van der Waals surface area contributed by atoms with Gasteiger partial charge in [0.25, 0.3) is 5.91 Å². The largest absolute Gasteiger partial charge is 0.452 e. The van der Waals surface area contributed by atoms with Gasteiger partial charge in [0.1, 0.15) is 5.78 Å². The minimum Gasteiger partial charge on any atom is -0.452 e. The van der Waals surface area contributed by atoms with Crippen LogP contribution in [0.25, 0.3) is 0 Å². The Balaban J connectivity index is 2.88. The molecule has 0 radical (unpaired) electrons. The summed E-state index contributed by atoms with van der Waals surface area (Å²) in [5.74, 6) is -0.230. The Kier molecular flexibility index (Phi) is 19.6. The zero-order chi connectivity index (χ0) is 31.5. The zero-order valence-corrected chi connectivity index (χ0v) is 26.9. The number of allylic oxidation sites excluding steroid dienone is 4. The number of esters is 1.